The van der Waals surface area contributed by atoms with E-state index in [0.717, 1.165) is 5.56 Å². The molecule has 0 aromatic heterocycles. The topological polar surface area (TPSA) is 108 Å². The maximum absolute atomic E-state index is 12.9. The zero-order valence-electron chi connectivity index (χ0n) is 11.2. The molecule has 1 aromatic carbocycles. The van der Waals surface area contributed by atoms with Crippen molar-refractivity contribution in [2.24, 2.45) is 0 Å². The fourth-order valence-electron chi connectivity index (χ4n) is 1.47. The number of hydrogen-bond acceptors (Lipinski definition) is 3. The fraction of sp³-hybridized carbons (Fsp3) is 0.308. The van der Waals surface area contributed by atoms with Crippen molar-refractivity contribution in [2.75, 3.05) is 19.6 Å². The summed E-state index contributed by atoms with van der Waals surface area (Å²) in [7, 11) is 0. The lowest BCUT2D eigenvalue weighted by molar-refractivity contribution is -0.137. The van der Waals surface area contributed by atoms with Crippen molar-refractivity contribution in [1.82, 2.24) is 16.0 Å². The third kappa shape index (κ3) is 7.51. The highest BCUT2D eigenvalue weighted by atomic mass is 19.1. The molecule has 1 aromatic rings. The number of carbonyl (C=O) groups is 3. The van der Waals surface area contributed by atoms with Crippen molar-refractivity contribution in [3.05, 3.63) is 35.6 Å². The van der Waals surface area contributed by atoms with Crippen molar-refractivity contribution in [3.8, 4) is 0 Å². The normalized spacial score (nSPS) is 9.76. The molecule has 114 valence electrons. The SMILES string of the molecule is O=C(O)CNC(=O)CNC(=O)NCCc1cccc(F)c1. The van der Waals surface area contributed by atoms with Crippen LogP contribution in [-0.2, 0) is 16.0 Å². The average molecular weight is 297 g/mol. The molecular formula is C13H16FN3O4. The van der Waals surface area contributed by atoms with Crippen LogP contribution in [0, 0.1) is 5.82 Å². The van der Waals surface area contributed by atoms with Crippen LogP contribution in [0.4, 0.5) is 9.18 Å². The zero-order chi connectivity index (χ0) is 15.7. The summed E-state index contributed by atoms with van der Waals surface area (Å²) in [6.45, 7) is -0.535. The molecule has 0 radical (unpaired) electrons. The molecule has 0 heterocycles. The monoisotopic (exact) mass is 297 g/mol. The van der Waals surface area contributed by atoms with Crippen LogP contribution < -0.4 is 16.0 Å². The number of halogens is 1. The summed E-state index contributed by atoms with van der Waals surface area (Å²) in [4.78, 5) is 32.7. The number of rotatable bonds is 7. The predicted molar refractivity (Wildman–Crippen MR) is 72.2 cm³/mol. The van der Waals surface area contributed by atoms with Gasteiger partial charge in [0.1, 0.15) is 12.4 Å². The lowest BCUT2D eigenvalue weighted by Crippen LogP contribution is -2.43. The molecule has 0 saturated heterocycles. The van der Waals surface area contributed by atoms with Crippen molar-refractivity contribution < 1.29 is 23.9 Å². The zero-order valence-corrected chi connectivity index (χ0v) is 11.2. The maximum Gasteiger partial charge on any atom is 0.322 e. The molecule has 0 aliphatic heterocycles. The van der Waals surface area contributed by atoms with Gasteiger partial charge in [0.25, 0.3) is 0 Å². The van der Waals surface area contributed by atoms with Crippen LogP contribution >= 0.6 is 0 Å². The second-order valence-corrected chi connectivity index (χ2v) is 4.16. The third-order valence-electron chi connectivity index (χ3n) is 2.43. The van der Waals surface area contributed by atoms with E-state index >= 15 is 0 Å². The van der Waals surface area contributed by atoms with Crippen molar-refractivity contribution in [2.45, 2.75) is 6.42 Å². The highest BCUT2D eigenvalue weighted by molar-refractivity contribution is 5.86. The van der Waals surface area contributed by atoms with Crippen molar-refractivity contribution >= 4 is 17.9 Å². The number of hydrogen-bond donors (Lipinski definition) is 4. The molecule has 1 rings (SSSR count). The van der Waals surface area contributed by atoms with E-state index in [9.17, 15) is 18.8 Å². The van der Waals surface area contributed by atoms with Gasteiger partial charge < -0.3 is 21.1 Å². The summed E-state index contributed by atoms with van der Waals surface area (Å²) in [5.41, 5.74) is 0.745. The summed E-state index contributed by atoms with van der Waals surface area (Å²) in [6, 6.07) is 5.47. The average Bonchev–Trinajstić information content (AvgIpc) is 2.43. The Morgan fingerprint density at radius 2 is 1.86 bits per heavy atom. The summed E-state index contributed by atoms with van der Waals surface area (Å²) in [6.07, 6.45) is 0.455. The van der Waals surface area contributed by atoms with Gasteiger partial charge in [-0.1, -0.05) is 12.1 Å². The van der Waals surface area contributed by atoms with Gasteiger partial charge in [0.05, 0.1) is 6.54 Å². The van der Waals surface area contributed by atoms with Crippen molar-refractivity contribution in [1.29, 1.82) is 0 Å². The van der Waals surface area contributed by atoms with Gasteiger partial charge in [-0.25, -0.2) is 9.18 Å². The summed E-state index contributed by atoms with van der Waals surface area (Å²) in [5.74, 6) is -2.10. The fourth-order valence-corrected chi connectivity index (χ4v) is 1.47. The van der Waals surface area contributed by atoms with E-state index in [0.29, 0.717) is 6.42 Å². The molecule has 3 amide bonds. The molecule has 0 fully saturated rings. The van der Waals surface area contributed by atoms with Gasteiger partial charge in [-0.3, -0.25) is 9.59 Å². The lowest BCUT2D eigenvalue weighted by atomic mass is 10.1. The molecular weight excluding hydrogens is 281 g/mol. The maximum atomic E-state index is 12.9. The summed E-state index contributed by atoms with van der Waals surface area (Å²) < 4.78 is 12.9. The van der Waals surface area contributed by atoms with Crippen molar-refractivity contribution in [3.63, 3.8) is 0 Å². The minimum Gasteiger partial charge on any atom is -0.480 e. The summed E-state index contributed by atoms with van der Waals surface area (Å²) >= 11 is 0. The summed E-state index contributed by atoms with van der Waals surface area (Å²) in [5, 5.41) is 15.2. The first-order valence-electron chi connectivity index (χ1n) is 6.22. The first kappa shape index (κ1) is 16.4. The first-order valence-corrected chi connectivity index (χ1v) is 6.22. The predicted octanol–water partition coefficient (Wildman–Crippen LogP) is -0.132. The van der Waals surface area contributed by atoms with E-state index in [1.165, 1.54) is 12.1 Å². The minimum absolute atomic E-state index is 0.284. The van der Waals surface area contributed by atoms with Gasteiger partial charge in [0.2, 0.25) is 5.91 Å². The van der Waals surface area contributed by atoms with E-state index < -0.39 is 24.5 Å². The molecule has 4 N–H and O–H groups in total. The molecule has 8 heteroatoms. The molecule has 0 saturated carbocycles. The van der Waals surface area contributed by atoms with Crippen LogP contribution in [0.15, 0.2) is 24.3 Å². The smallest absolute Gasteiger partial charge is 0.322 e. The number of benzene rings is 1. The Bertz CT molecular complexity index is 522. The Kier molecular flexibility index (Phi) is 6.66. The molecule has 0 unspecified atom stereocenters. The van der Waals surface area contributed by atoms with E-state index in [2.05, 4.69) is 16.0 Å². The Labute approximate surface area is 120 Å². The standard InChI is InChI=1S/C13H16FN3O4/c14-10-3-1-2-9(6-10)4-5-15-13(21)17-7-11(18)16-8-12(19)20/h1-3,6H,4-5,7-8H2,(H,16,18)(H,19,20)(H2,15,17,21). The molecule has 0 bridgehead atoms. The van der Waals surface area contributed by atoms with Crippen LogP contribution in [0.2, 0.25) is 0 Å². The molecule has 7 nitrogen and oxygen atoms in total. The molecule has 21 heavy (non-hydrogen) atoms. The third-order valence-corrected chi connectivity index (χ3v) is 2.43. The second-order valence-electron chi connectivity index (χ2n) is 4.16. The number of carbonyl (C=O) groups excluding carboxylic acids is 2. The number of carboxylic acids is 1. The quantitative estimate of drug-likeness (QED) is 0.562. The number of carboxylic acid groups (broad SMARTS) is 1. The molecule has 0 atom stereocenters. The number of amides is 3. The Hall–Kier alpha value is -2.64. The van der Waals surface area contributed by atoms with Crippen LogP contribution in [-0.4, -0.2) is 42.6 Å². The van der Waals surface area contributed by atoms with E-state index in [-0.39, 0.29) is 18.9 Å². The van der Waals surface area contributed by atoms with Crippen LogP contribution in [0.3, 0.4) is 0 Å². The van der Waals surface area contributed by atoms with E-state index in [1.807, 2.05) is 0 Å². The highest BCUT2D eigenvalue weighted by Gasteiger charge is 2.06. The number of nitrogens with one attached hydrogen (secondary N) is 3. The van der Waals surface area contributed by atoms with Gasteiger partial charge in [0.15, 0.2) is 0 Å². The van der Waals surface area contributed by atoms with Crippen LogP contribution in [0.25, 0.3) is 0 Å². The number of urea groups is 1. The van der Waals surface area contributed by atoms with Gasteiger partial charge in [-0.15, -0.1) is 0 Å². The second kappa shape index (κ2) is 8.51. The minimum atomic E-state index is -1.16. The van der Waals surface area contributed by atoms with E-state index in [4.69, 9.17) is 5.11 Å². The lowest BCUT2D eigenvalue weighted by Gasteiger charge is -2.07. The van der Waals surface area contributed by atoms with Gasteiger partial charge in [0, 0.05) is 6.54 Å². The largest absolute Gasteiger partial charge is 0.480 e. The Morgan fingerprint density at radius 3 is 2.52 bits per heavy atom. The molecule has 0 aliphatic rings. The first-order chi connectivity index (χ1) is 9.97. The molecule has 0 aliphatic carbocycles. The van der Waals surface area contributed by atoms with Gasteiger partial charge in [-0.05, 0) is 24.1 Å². The van der Waals surface area contributed by atoms with Gasteiger partial charge in [-0.2, -0.15) is 0 Å². The number of aliphatic carboxylic acids is 1. The van der Waals surface area contributed by atoms with Crippen LogP contribution in [0.1, 0.15) is 5.56 Å². The van der Waals surface area contributed by atoms with Gasteiger partial charge >= 0.3 is 12.0 Å². The highest BCUT2D eigenvalue weighted by Crippen LogP contribution is 2.03. The Morgan fingerprint density at radius 1 is 1.10 bits per heavy atom. The Balaban J connectivity index is 2.16. The molecule has 0 spiro atoms. The van der Waals surface area contributed by atoms with Crippen LogP contribution in [0.5, 0.6) is 0 Å². The van der Waals surface area contributed by atoms with E-state index in [1.54, 1.807) is 12.1 Å².